The molecule has 2 saturated heterocycles. The molecule has 14 rings (SSSR count). The van der Waals surface area contributed by atoms with Gasteiger partial charge in [0.25, 0.3) is 5.19 Å². The topological polar surface area (TPSA) is 245 Å². The summed E-state index contributed by atoms with van der Waals surface area (Å²) < 4.78 is 69.2. The molecule has 0 radical (unpaired) electrons. The number of ketones is 2. The Kier molecular flexibility index (Phi) is 19.8. The van der Waals surface area contributed by atoms with Gasteiger partial charge in [-0.05, 0) is 163 Å². The van der Waals surface area contributed by atoms with Gasteiger partial charge in [0.1, 0.15) is 12.2 Å². The molecular formula is C77H90N6O12S3. The van der Waals surface area contributed by atoms with E-state index >= 15 is 0 Å². The monoisotopic (exact) mass is 1390 g/mol. The molecule has 4 aliphatic carbocycles. The maximum Gasteiger partial charge on any atom is 0.274 e. The molecule has 4 aromatic carbocycles. The molecule has 8 aliphatic rings. The number of hydrogen-bond acceptors (Lipinski definition) is 15. The van der Waals surface area contributed by atoms with Crippen LogP contribution in [0.5, 0.6) is 11.1 Å². The first kappa shape index (κ1) is 68.9. The zero-order valence-corrected chi connectivity index (χ0v) is 58.7. The number of fused-ring (bicyclic) bond motifs is 6. The number of carbonyl (C=O) groups is 6. The number of sulfonamides is 2. The first-order valence-electron chi connectivity index (χ1n) is 35.3. The molecule has 4 aliphatic heterocycles. The number of nitrogens with one attached hydrogen (secondary N) is 2. The highest BCUT2D eigenvalue weighted by Crippen LogP contribution is 2.59. The number of para-hydroxylation sites is 1. The first-order valence-corrected chi connectivity index (χ1v) is 39.1. The number of ether oxygens (including phenoxy) is 2. The molecule has 98 heavy (non-hydrogen) atoms. The Hall–Kier alpha value is -7.62. The number of hydrogen-bond donors (Lipinski definition) is 2. The van der Waals surface area contributed by atoms with E-state index in [9.17, 15) is 45.6 Å². The van der Waals surface area contributed by atoms with Crippen molar-refractivity contribution >= 4 is 87.6 Å². The van der Waals surface area contributed by atoms with Crippen LogP contribution in [0.15, 0.2) is 140 Å². The van der Waals surface area contributed by atoms with Crippen LogP contribution in [0.2, 0.25) is 0 Å². The molecule has 4 saturated carbocycles. The van der Waals surface area contributed by atoms with Gasteiger partial charge in [-0.2, -0.15) is 0 Å². The van der Waals surface area contributed by atoms with Gasteiger partial charge in [-0.25, -0.2) is 26.8 Å². The van der Waals surface area contributed by atoms with Crippen LogP contribution < -0.4 is 18.9 Å². The maximum absolute atomic E-state index is 14.6. The van der Waals surface area contributed by atoms with E-state index in [0.717, 1.165) is 89.0 Å². The number of aromatic nitrogens is 2. The number of benzene rings is 4. The Labute approximate surface area is 579 Å². The van der Waals surface area contributed by atoms with Crippen molar-refractivity contribution in [1.29, 1.82) is 0 Å². The van der Waals surface area contributed by atoms with E-state index in [2.05, 4.69) is 43.7 Å². The summed E-state index contributed by atoms with van der Waals surface area (Å²) in [5.74, 6) is -2.49. The average Bonchev–Trinajstić information content (AvgIpc) is 1.57. The normalized spacial score (nSPS) is 29.3. The molecule has 0 unspecified atom stereocenters. The summed E-state index contributed by atoms with van der Waals surface area (Å²) in [7, 11) is -7.76. The Bertz CT molecular complexity index is 4280. The number of allylic oxidation sites excluding steroid dienone is 4. The van der Waals surface area contributed by atoms with Crippen molar-refractivity contribution < 1.29 is 55.1 Å². The summed E-state index contributed by atoms with van der Waals surface area (Å²) in [5.41, 5.74) is 1.79. The van der Waals surface area contributed by atoms with E-state index in [1.165, 1.54) is 11.3 Å². The third-order valence-electron chi connectivity index (χ3n) is 22.3. The lowest BCUT2D eigenvalue weighted by atomic mass is 9.89. The van der Waals surface area contributed by atoms with Crippen LogP contribution in [0, 0.1) is 41.4 Å². The predicted molar refractivity (Wildman–Crippen MR) is 377 cm³/mol. The largest absolute Gasteiger partial charge is 0.472 e. The van der Waals surface area contributed by atoms with E-state index in [1.54, 1.807) is 29.8 Å². The second-order valence-corrected chi connectivity index (χ2v) is 35.0. The summed E-state index contributed by atoms with van der Waals surface area (Å²) in [5, 5.41) is 2.32. The lowest BCUT2D eigenvalue weighted by Crippen LogP contribution is -2.47. The fraction of sp³-hybridized carbons (Fsp3) is 0.506. The minimum atomic E-state index is -3.88. The molecule has 10 atom stereocenters. The maximum atomic E-state index is 14.6. The number of nitrogens with zero attached hydrogens (tertiary/aromatic N) is 4. The zero-order chi connectivity index (χ0) is 68.6. The van der Waals surface area contributed by atoms with Gasteiger partial charge in [-0.1, -0.05) is 152 Å². The molecule has 2 aromatic heterocycles. The van der Waals surface area contributed by atoms with Crippen molar-refractivity contribution in [2.24, 2.45) is 34.5 Å². The number of aryl methyl sites for hydroxylation is 1. The molecule has 0 spiro atoms. The summed E-state index contributed by atoms with van der Waals surface area (Å²) >= 11 is 1.43. The Morgan fingerprint density at radius 2 is 1.12 bits per heavy atom. The van der Waals surface area contributed by atoms with Gasteiger partial charge in [0.2, 0.25) is 49.6 Å². The zero-order valence-electron chi connectivity index (χ0n) is 56.3. The van der Waals surface area contributed by atoms with E-state index in [4.69, 9.17) is 9.47 Å². The van der Waals surface area contributed by atoms with Crippen LogP contribution in [-0.2, 0) is 61.7 Å². The van der Waals surface area contributed by atoms with Crippen LogP contribution in [0.4, 0.5) is 0 Å². The number of pyridine rings is 1. The van der Waals surface area contributed by atoms with Gasteiger partial charge in [0.05, 0.1) is 55.7 Å². The van der Waals surface area contributed by atoms with Crippen molar-refractivity contribution in [1.82, 2.24) is 29.2 Å². The molecule has 4 amide bonds. The Balaban J connectivity index is 0.000000176. The van der Waals surface area contributed by atoms with Crippen molar-refractivity contribution in [2.45, 2.75) is 196 Å². The molecule has 0 bridgehead atoms. The number of rotatable bonds is 14. The smallest absolute Gasteiger partial charge is 0.274 e. The quantitative estimate of drug-likeness (QED) is 0.0964. The van der Waals surface area contributed by atoms with Crippen LogP contribution >= 0.6 is 11.3 Å². The second kappa shape index (κ2) is 28.2. The summed E-state index contributed by atoms with van der Waals surface area (Å²) in [6.07, 6.45) is 21.7. The van der Waals surface area contributed by atoms with Gasteiger partial charge < -0.3 is 19.3 Å². The fourth-order valence-electron chi connectivity index (χ4n) is 15.2. The van der Waals surface area contributed by atoms with Crippen LogP contribution in [0.25, 0.3) is 21.0 Å². The molecular weight excluding hydrogens is 1300 g/mol. The second-order valence-electron chi connectivity index (χ2n) is 29.6. The molecule has 18 nitrogen and oxygen atoms in total. The van der Waals surface area contributed by atoms with E-state index in [1.807, 2.05) is 116 Å². The lowest BCUT2D eigenvalue weighted by molar-refractivity contribution is -0.142. The van der Waals surface area contributed by atoms with E-state index < -0.39 is 76.5 Å². The Morgan fingerprint density at radius 3 is 1.68 bits per heavy atom. The molecule has 6 aromatic rings. The highest BCUT2D eigenvalue weighted by Gasteiger charge is 2.64. The third kappa shape index (κ3) is 15.0. The standard InChI is InChI=1S/C39H45N3O6S.C38H45N3O6S2/c1-38(19-20-38)49(46,47)41-37(45)39-24-30(39)16-9-4-2-3-8-15-29(22-27-12-6-5-7-13-27)36(44)42-26-31(23-33(42)34(43)25-39)48-35-32-17-11-10-14-28(32)18-21-40-35;1-25-11-10-12-26(19-25)20-27-13-6-4-3-5-7-14-28-22-38(28,35(44)40-49(45,46)37(2)17-18-37)23-32(42)31-21-29(24-41(31)34(27)43)47-36-39-30-15-8-9-16-33(30)48-36/h5-7,9-14,16-18,21,29-31,33H,2-4,8,15,19-20,22-26H2,1H3,(H,41,45);7-12,14-16,19,27-29,31H,3-6,13,17-18,20-24H2,1-2H3,(H,40,44)/b16-9-;14-7-/t29-,30-,31-,33+,39-;27-,28-,29-,31+,38-/m11/s1. The van der Waals surface area contributed by atoms with Gasteiger partial charge in [-0.3, -0.25) is 38.2 Å². The third-order valence-corrected chi connectivity index (χ3v) is 27.5. The number of amides is 4. The predicted octanol–water partition coefficient (Wildman–Crippen LogP) is 12.2. The lowest BCUT2D eigenvalue weighted by Gasteiger charge is -2.29. The van der Waals surface area contributed by atoms with Crippen molar-refractivity contribution in [3.05, 3.63) is 156 Å². The molecule has 518 valence electrons. The molecule has 2 N–H and O–H groups in total. The molecule has 6 fully saturated rings. The van der Waals surface area contributed by atoms with Crippen molar-refractivity contribution in [3.63, 3.8) is 0 Å². The summed E-state index contributed by atoms with van der Waals surface area (Å²) in [6.45, 7) is 5.80. The first-order chi connectivity index (χ1) is 47.0. The van der Waals surface area contributed by atoms with E-state index in [-0.39, 0.29) is 85.8 Å². The SMILES string of the molecule is CC1(S(=O)(=O)NC(=O)[C@]23CC(=O)[C@@H]4C[C@@H](Oc5nccc6ccccc56)CN4C(=O)[C@@H](Cc4ccccc4)CCCCC/C=C\[C@@H]2C3)CC1.Cc1cccc(C[C@H]2CCCCC/C=C\[C@@H]3C[C@@]3(C(=O)NS(=O)(=O)C3(C)CC3)CC(=O)[C@@H]3C[C@@H](Oc4nc5ccccc5s4)CN3C2=O)c1. The van der Waals surface area contributed by atoms with Gasteiger partial charge in [0, 0.05) is 49.1 Å². The van der Waals surface area contributed by atoms with Crippen molar-refractivity contribution in [3.8, 4) is 11.1 Å². The summed E-state index contributed by atoms with van der Waals surface area (Å²) in [4.78, 5) is 98.2. The van der Waals surface area contributed by atoms with E-state index in [0.29, 0.717) is 75.3 Å². The van der Waals surface area contributed by atoms with Crippen LogP contribution in [0.1, 0.15) is 159 Å². The highest BCUT2D eigenvalue weighted by atomic mass is 32.2. The van der Waals surface area contributed by atoms with Crippen LogP contribution in [0.3, 0.4) is 0 Å². The average molecular weight is 1390 g/mol. The fourth-order valence-corrected chi connectivity index (χ4v) is 18.8. The molecule has 21 heteroatoms. The van der Waals surface area contributed by atoms with Crippen LogP contribution in [-0.4, -0.2) is 119 Å². The minimum absolute atomic E-state index is 0.0710. The highest BCUT2D eigenvalue weighted by molar-refractivity contribution is 7.92. The molecule has 6 heterocycles. The minimum Gasteiger partial charge on any atom is -0.472 e. The number of thiazole rings is 1. The van der Waals surface area contributed by atoms with Crippen molar-refractivity contribution in [2.75, 3.05) is 13.1 Å². The van der Waals surface area contributed by atoms with Gasteiger partial charge in [-0.15, -0.1) is 0 Å². The number of Topliss-reactive ketones (excluding diaryl/α,β-unsaturated/α-hetero) is 2. The number of carbonyl (C=O) groups excluding carboxylic acids is 6. The summed E-state index contributed by atoms with van der Waals surface area (Å²) in [6, 6.07) is 34.1. The van der Waals surface area contributed by atoms with Gasteiger partial charge in [0.15, 0.2) is 11.6 Å². The Morgan fingerprint density at radius 1 is 0.602 bits per heavy atom. The van der Waals surface area contributed by atoms with Gasteiger partial charge >= 0.3 is 0 Å².